The molecule has 24 heavy (non-hydrogen) atoms. The van der Waals surface area contributed by atoms with Crippen LogP contribution in [0.15, 0.2) is 47.6 Å². The van der Waals surface area contributed by atoms with E-state index in [0.717, 1.165) is 6.42 Å². The van der Waals surface area contributed by atoms with E-state index in [2.05, 4.69) is 52.4 Å². The van der Waals surface area contributed by atoms with Gasteiger partial charge in [0.15, 0.2) is 0 Å². The molecule has 2 aromatic heterocycles. The summed E-state index contributed by atoms with van der Waals surface area (Å²) in [7, 11) is 2.26. The van der Waals surface area contributed by atoms with Crippen LogP contribution < -0.4 is 0 Å². The molecule has 0 bridgehead atoms. The fraction of sp³-hybridized carbons (Fsp3) is 0.350. The summed E-state index contributed by atoms with van der Waals surface area (Å²) in [5, 5.41) is 1.39. The Balaban J connectivity index is 1.89. The second-order valence-corrected chi connectivity index (χ2v) is 7.43. The number of fused-ring (bicyclic) bond motifs is 1. The van der Waals surface area contributed by atoms with E-state index in [0.29, 0.717) is 6.04 Å². The zero-order chi connectivity index (χ0) is 16.5. The van der Waals surface area contributed by atoms with Crippen LogP contribution >= 0.6 is 11.8 Å². The predicted molar refractivity (Wildman–Crippen MR) is 103 cm³/mol. The molecular weight excluding hydrogens is 314 g/mol. The minimum absolute atomic E-state index is 0.634. The lowest BCUT2D eigenvalue weighted by Crippen LogP contribution is -2.26. The number of nitrogens with zero attached hydrogens (tertiary/aromatic N) is 2. The lowest BCUT2D eigenvalue weighted by Gasteiger charge is -2.20. The zero-order valence-electron chi connectivity index (χ0n) is 14.2. The number of benzene rings is 1. The lowest BCUT2D eigenvalue weighted by molar-refractivity contribution is 0.310. The Morgan fingerprint density at radius 1 is 1.29 bits per heavy atom. The fourth-order valence-corrected chi connectivity index (χ4v) is 4.54. The maximum Gasteiger partial charge on any atom is 0.0513 e. The van der Waals surface area contributed by atoms with Crippen molar-refractivity contribution in [2.45, 2.75) is 30.2 Å². The van der Waals surface area contributed by atoms with Crippen molar-refractivity contribution in [1.82, 2.24) is 14.9 Å². The van der Waals surface area contributed by atoms with Crippen molar-refractivity contribution in [3.8, 4) is 11.3 Å². The largest absolute Gasteiger partial charge is 0.354 e. The molecule has 1 aliphatic rings. The van der Waals surface area contributed by atoms with Crippen LogP contribution in [0.3, 0.4) is 0 Å². The first-order valence-corrected chi connectivity index (χ1v) is 9.78. The van der Waals surface area contributed by atoms with E-state index in [4.69, 9.17) is 0 Å². The van der Waals surface area contributed by atoms with Gasteiger partial charge >= 0.3 is 0 Å². The summed E-state index contributed by atoms with van der Waals surface area (Å²) in [6, 6.07) is 11.4. The van der Waals surface area contributed by atoms with Crippen LogP contribution in [-0.4, -0.2) is 40.8 Å². The van der Waals surface area contributed by atoms with Crippen molar-refractivity contribution < 1.29 is 0 Å². The van der Waals surface area contributed by atoms with Crippen molar-refractivity contribution >= 4 is 22.7 Å². The van der Waals surface area contributed by atoms with Crippen LogP contribution in [0.4, 0.5) is 0 Å². The van der Waals surface area contributed by atoms with Gasteiger partial charge in [-0.15, -0.1) is 11.8 Å². The van der Waals surface area contributed by atoms with E-state index < -0.39 is 0 Å². The number of aromatic amines is 1. The van der Waals surface area contributed by atoms with Gasteiger partial charge in [0.25, 0.3) is 0 Å². The highest BCUT2D eigenvalue weighted by atomic mass is 32.2. The highest BCUT2D eigenvalue weighted by Gasteiger charge is 2.25. The van der Waals surface area contributed by atoms with Crippen LogP contribution in [0.1, 0.15) is 18.4 Å². The van der Waals surface area contributed by atoms with Gasteiger partial charge in [-0.1, -0.05) is 6.07 Å². The van der Waals surface area contributed by atoms with Gasteiger partial charge < -0.3 is 9.88 Å². The van der Waals surface area contributed by atoms with Crippen molar-refractivity contribution in [3.05, 3.63) is 48.3 Å². The third kappa shape index (κ3) is 2.74. The topological polar surface area (TPSA) is 31.9 Å². The molecule has 0 saturated carbocycles. The Bertz CT molecular complexity index is 841. The van der Waals surface area contributed by atoms with Crippen LogP contribution in [0.5, 0.6) is 0 Å². The first-order valence-electron chi connectivity index (χ1n) is 8.56. The van der Waals surface area contributed by atoms with Gasteiger partial charge in [-0.3, -0.25) is 4.98 Å². The molecule has 0 aliphatic carbocycles. The van der Waals surface area contributed by atoms with Gasteiger partial charge in [-0.25, -0.2) is 0 Å². The number of rotatable bonds is 4. The lowest BCUT2D eigenvalue weighted by atomic mass is 9.98. The normalized spacial score (nSPS) is 18.5. The number of likely N-dealkylation sites (tertiary alicyclic amines) is 1. The number of H-pyrrole nitrogens is 1. The average molecular weight is 337 g/mol. The van der Waals surface area contributed by atoms with Crippen LogP contribution in [0, 0.1) is 0 Å². The third-order valence-electron chi connectivity index (χ3n) is 5.17. The maximum absolute atomic E-state index is 4.33. The quantitative estimate of drug-likeness (QED) is 0.707. The summed E-state index contributed by atoms with van der Waals surface area (Å²) < 4.78 is 0. The van der Waals surface area contributed by atoms with Crippen molar-refractivity contribution in [1.29, 1.82) is 0 Å². The van der Waals surface area contributed by atoms with E-state index in [1.54, 1.807) is 0 Å². The van der Waals surface area contributed by atoms with Crippen LogP contribution in [0.2, 0.25) is 0 Å². The average Bonchev–Trinajstić information content (AvgIpc) is 3.20. The summed E-state index contributed by atoms with van der Waals surface area (Å²) in [5.41, 5.74) is 5.09. The first kappa shape index (κ1) is 15.7. The van der Waals surface area contributed by atoms with Gasteiger partial charge in [0, 0.05) is 39.8 Å². The highest BCUT2D eigenvalue weighted by Crippen LogP contribution is 2.37. The van der Waals surface area contributed by atoms with E-state index in [-0.39, 0.29) is 0 Å². The van der Waals surface area contributed by atoms with E-state index >= 15 is 0 Å². The molecular formula is C20H23N3S. The second-order valence-electron chi connectivity index (χ2n) is 6.58. The molecule has 1 atom stereocenters. The molecule has 0 radical (unpaired) electrons. The van der Waals surface area contributed by atoms with Crippen molar-refractivity contribution in [2.75, 3.05) is 19.8 Å². The molecule has 3 nitrogen and oxygen atoms in total. The Hall–Kier alpha value is -1.78. The molecule has 0 spiro atoms. The number of pyridine rings is 1. The molecule has 0 amide bonds. The molecule has 3 heterocycles. The summed E-state index contributed by atoms with van der Waals surface area (Å²) in [6.07, 6.45) is 9.66. The monoisotopic (exact) mass is 337 g/mol. The Morgan fingerprint density at radius 2 is 2.21 bits per heavy atom. The SMILES string of the molecule is CSc1cccc2[nH]c(-c3cccnc3)c(CC3CCCN3C)c12. The third-order valence-corrected chi connectivity index (χ3v) is 5.95. The van der Waals surface area contributed by atoms with E-state index in [1.807, 2.05) is 30.2 Å². The molecule has 1 fully saturated rings. The summed E-state index contributed by atoms with van der Waals surface area (Å²) in [4.78, 5) is 11.9. The van der Waals surface area contributed by atoms with Gasteiger partial charge in [0.1, 0.15) is 0 Å². The van der Waals surface area contributed by atoms with Gasteiger partial charge in [-0.05, 0) is 68.9 Å². The molecule has 4 rings (SSSR count). The van der Waals surface area contributed by atoms with Gasteiger partial charge in [0.2, 0.25) is 0 Å². The van der Waals surface area contributed by atoms with Gasteiger partial charge in [-0.2, -0.15) is 0 Å². The zero-order valence-corrected chi connectivity index (χ0v) is 15.1. The number of hydrogen-bond donors (Lipinski definition) is 1. The molecule has 1 aromatic carbocycles. The molecule has 1 N–H and O–H groups in total. The molecule has 3 aromatic rings. The Kier molecular flexibility index (Phi) is 4.33. The fourth-order valence-electron chi connectivity index (χ4n) is 3.89. The van der Waals surface area contributed by atoms with Gasteiger partial charge in [0.05, 0.1) is 5.69 Å². The standard InChI is InChI=1S/C20H23N3S/c1-23-11-5-7-15(23)12-16-19-17(8-3-9-18(19)24-2)22-20(16)14-6-4-10-21-13-14/h3-4,6,8-10,13,15,22H,5,7,11-12H2,1-2H3. The number of thioether (sulfide) groups is 1. The summed E-state index contributed by atoms with van der Waals surface area (Å²) in [6.45, 7) is 1.21. The molecule has 1 saturated heterocycles. The van der Waals surface area contributed by atoms with Crippen molar-refractivity contribution in [2.24, 2.45) is 0 Å². The minimum Gasteiger partial charge on any atom is -0.354 e. The molecule has 4 heteroatoms. The summed E-state index contributed by atoms with van der Waals surface area (Å²) in [5.74, 6) is 0. The maximum atomic E-state index is 4.33. The molecule has 124 valence electrons. The number of nitrogens with one attached hydrogen (secondary N) is 1. The second kappa shape index (κ2) is 6.61. The number of aromatic nitrogens is 2. The van der Waals surface area contributed by atoms with Crippen LogP contribution in [0.25, 0.3) is 22.2 Å². The van der Waals surface area contributed by atoms with E-state index in [9.17, 15) is 0 Å². The van der Waals surface area contributed by atoms with E-state index in [1.165, 1.54) is 52.0 Å². The minimum atomic E-state index is 0.634. The smallest absolute Gasteiger partial charge is 0.0513 e. The number of hydrogen-bond acceptors (Lipinski definition) is 3. The first-order chi connectivity index (χ1) is 11.8. The van der Waals surface area contributed by atoms with Crippen LogP contribution in [-0.2, 0) is 6.42 Å². The number of likely N-dealkylation sites (N-methyl/N-ethyl adjacent to an activating group) is 1. The Morgan fingerprint density at radius 3 is 2.92 bits per heavy atom. The Labute approximate surface area is 147 Å². The summed E-state index contributed by atoms with van der Waals surface area (Å²) >= 11 is 1.83. The highest BCUT2D eigenvalue weighted by molar-refractivity contribution is 7.98. The van der Waals surface area contributed by atoms with Crippen molar-refractivity contribution in [3.63, 3.8) is 0 Å². The predicted octanol–water partition coefficient (Wildman–Crippen LogP) is 4.59. The molecule has 1 aliphatic heterocycles. The molecule has 1 unspecified atom stereocenters.